The third kappa shape index (κ3) is 9.32. The van der Waals surface area contributed by atoms with E-state index in [1.807, 2.05) is 37.3 Å². The Morgan fingerprint density at radius 3 is 2.34 bits per heavy atom. The normalized spacial score (nSPS) is 13.2. The van der Waals surface area contributed by atoms with Gasteiger partial charge in [0.2, 0.25) is 5.91 Å². The average Bonchev–Trinajstić information content (AvgIpc) is 2.95. The smallest absolute Gasteiger partial charge is 0.219 e. The van der Waals surface area contributed by atoms with Crippen LogP contribution < -0.4 is 10.6 Å². The molecule has 1 atom stereocenters. The van der Waals surface area contributed by atoms with Crippen LogP contribution in [0.4, 0.5) is 0 Å². The van der Waals surface area contributed by atoms with Crippen LogP contribution in [0.3, 0.4) is 0 Å². The fraction of sp³-hybridized carbons (Fsp3) is 0.457. The average molecular weight is 660 g/mol. The van der Waals surface area contributed by atoms with Crippen LogP contribution in [-0.2, 0) is 28.8 Å². The number of benzene rings is 3. The molecule has 9 heteroatoms. The number of nitrogens with one attached hydrogen (secondary N) is 2. The Balaban J connectivity index is 1.87. The van der Waals surface area contributed by atoms with Gasteiger partial charge in [-0.2, -0.15) is 0 Å². The van der Waals surface area contributed by atoms with Crippen molar-refractivity contribution in [2.75, 3.05) is 6.54 Å². The molecule has 0 aliphatic carbocycles. The second kappa shape index (κ2) is 14.8. The molecule has 0 heterocycles. The maximum absolute atomic E-state index is 12.0. The van der Waals surface area contributed by atoms with E-state index in [4.69, 9.17) is 27.6 Å². The van der Waals surface area contributed by atoms with Gasteiger partial charge in [0.25, 0.3) is 0 Å². The third-order valence-corrected chi connectivity index (χ3v) is 13.8. The molecular formula is C35H48Cl2N2O4Si. The zero-order valence-corrected chi connectivity index (χ0v) is 29.8. The SMILES string of the molecule is CCC(=O)NCc1ccc(Cl)c(Cl)c1-c1cccc(CC(C)(C)NC[C@H](O[Si](C)(C)C(C)(C)C)c2ccc(O)c(CO)c2)c1. The first-order chi connectivity index (χ1) is 20.5. The molecule has 6 nitrogen and oxygen atoms in total. The van der Waals surface area contributed by atoms with Gasteiger partial charge in [0.1, 0.15) is 5.75 Å². The monoisotopic (exact) mass is 658 g/mol. The first-order valence-corrected chi connectivity index (χ1v) is 18.8. The standard InChI is InChI=1S/C35H48Cl2N2O4Si/c1-9-31(42)38-20-26-13-15-28(36)33(37)32(26)25-12-10-11-23(17-25)19-35(5,6)39-21-30(43-44(7,8)34(2,3)4)24-14-16-29(41)27(18-24)22-40/h10-18,30,39-41H,9,19-22H2,1-8H3,(H,38,42)/t30-/m0/s1. The summed E-state index contributed by atoms with van der Waals surface area (Å²) in [7, 11) is -2.15. The van der Waals surface area contributed by atoms with Gasteiger partial charge in [-0.15, -0.1) is 0 Å². The Bertz CT molecular complexity index is 1450. The Kier molecular flexibility index (Phi) is 12.1. The van der Waals surface area contributed by atoms with Crippen molar-refractivity contribution in [2.24, 2.45) is 0 Å². The predicted molar refractivity (Wildman–Crippen MR) is 185 cm³/mol. The van der Waals surface area contributed by atoms with E-state index in [9.17, 15) is 15.0 Å². The van der Waals surface area contributed by atoms with Crippen LogP contribution >= 0.6 is 23.2 Å². The summed E-state index contributed by atoms with van der Waals surface area (Å²) >= 11 is 13.2. The van der Waals surface area contributed by atoms with E-state index in [0.717, 1.165) is 34.2 Å². The lowest BCUT2D eigenvalue weighted by Gasteiger charge is -2.40. The molecule has 4 N–H and O–H groups in total. The summed E-state index contributed by atoms with van der Waals surface area (Å²) in [5, 5.41) is 27.6. The quantitative estimate of drug-likeness (QED) is 0.138. The molecule has 240 valence electrons. The lowest BCUT2D eigenvalue weighted by molar-refractivity contribution is -0.120. The van der Waals surface area contributed by atoms with Crippen molar-refractivity contribution in [3.8, 4) is 16.9 Å². The van der Waals surface area contributed by atoms with Gasteiger partial charge in [-0.1, -0.05) is 87.3 Å². The third-order valence-electron chi connectivity index (χ3n) is 8.49. The summed E-state index contributed by atoms with van der Waals surface area (Å²) in [6.07, 6.45) is 0.870. The fourth-order valence-corrected chi connectivity index (χ4v) is 6.58. The number of carbonyl (C=O) groups excluding carboxylic acids is 1. The number of hydrogen-bond donors (Lipinski definition) is 4. The van der Waals surface area contributed by atoms with Crippen LogP contribution in [0.1, 0.15) is 76.3 Å². The number of hydrogen-bond acceptors (Lipinski definition) is 5. The van der Waals surface area contributed by atoms with E-state index in [1.165, 1.54) is 0 Å². The molecule has 3 aromatic carbocycles. The molecular weight excluding hydrogens is 611 g/mol. The summed E-state index contributed by atoms with van der Waals surface area (Å²) in [5.41, 5.74) is 4.87. The number of phenols is 1. The van der Waals surface area contributed by atoms with Crippen LogP contribution in [0, 0.1) is 0 Å². The maximum Gasteiger partial charge on any atom is 0.219 e. The van der Waals surface area contributed by atoms with E-state index in [-0.39, 0.29) is 34.9 Å². The molecule has 0 saturated carbocycles. The molecule has 0 radical (unpaired) electrons. The summed E-state index contributed by atoms with van der Waals surface area (Å²) < 4.78 is 6.89. The van der Waals surface area contributed by atoms with Crippen molar-refractivity contribution < 1.29 is 19.4 Å². The second-order valence-electron chi connectivity index (χ2n) is 13.6. The molecule has 0 aromatic heterocycles. The number of carbonyl (C=O) groups is 1. The second-order valence-corrected chi connectivity index (χ2v) is 19.1. The number of aliphatic hydroxyl groups is 1. The van der Waals surface area contributed by atoms with Crippen molar-refractivity contribution in [3.05, 3.63) is 86.9 Å². The Labute approximate surface area is 274 Å². The topological polar surface area (TPSA) is 90.8 Å². The summed E-state index contributed by atoms with van der Waals surface area (Å²) in [5.74, 6) is 0.0468. The molecule has 0 fully saturated rings. The van der Waals surface area contributed by atoms with Gasteiger partial charge in [-0.05, 0) is 78.9 Å². The Hall–Kier alpha value is -2.39. The van der Waals surface area contributed by atoms with Crippen molar-refractivity contribution >= 4 is 37.4 Å². The molecule has 0 saturated heterocycles. The van der Waals surface area contributed by atoms with Crippen molar-refractivity contribution in [1.82, 2.24) is 10.6 Å². The van der Waals surface area contributed by atoms with Gasteiger partial charge in [0, 0.05) is 36.2 Å². The van der Waals surface area contributed by atoms with Crippen LogP contribution in [0.2, 0.25) is 28.2 Å². The lowest BCUT2D eigenvalue weighted by Crippen LogP contribution is -2.47. The summed E-state index contributed by atoms with van der Waals surface area (Å²) in [6.45, 7) is 17.9. The highest BCUT2D eigenvalue weighted by atomic mass is 35.5. The van der Waals surface area contributed by atoms with E-state index >= 15 is 0 Å². The molecule has 0 unspecified atom stereocenters. The number of aromatic hydroxyl groups is 1. The molecule has 0 aliphatic heterocycles. The van der Waals surface area contributed by atoms with E-state index in [0.29, 0.717) is 35.1 Å². The number of halogens is 2. The molecule has 44 heavy (non-hydrogen) atoms. The number of aliphatic hydroxyl groups excluding tert-OH is 1. The number of rotatable bonds is 13. The van der Waals surface area contributed by atoms with Crippen LogP contribution in [0.25, 0.3) is 11.1 Å². The predicted octanol–water partition coefficient (Wildman–Crippen LogP) is 8.56. The van der Waals surface area contributed by atoms with Crippen LogP contribution in [0.5, 0.6) is 5.75 Å². The van der Waals surface area contributed by atoms with Crippen LogP contribution in [0.15, 0.2) is 54.6 Å². The van der Waals surface area contributed by atoms with Gasteiger partial charge in [-0.25, -0.2) is 0 Å². The summed E-state index contributed by atoms with van der Waals surface area (Å²) in [4.78, 5) is 12.0. The number of amides is 1. The molecule has 0 spiro atoms. The van der Waals surface area contributed by atoms with Gasteiger partial charge in [0.15, 0.2) is 8.32 Å². The zero-order valence-electron chi connectivity index (χ0n) is 27.3. The Morgan fingerprint density at radius 1 is 1.00 bits per heavy atom. The van der Waals surface area contributed by atoms with E-state index < -0.39 is 8.32 Å². The minimum Gasteiger partial charge on any atom is -0.508 e. The Morgan fingerprint density at radius 2 is 1.70 bits per heavy atom. The van der Waals surface area contributed by atoms with Crippen LogP contribution in [-0.4, -0.2) is 36.5 Å². The first-order valence-electron chi connectivity index (χ1n) is 15.2. The van der Waals surface area contributed by atoms with Crippen molar-refractivity contribution in [2.45, 2.75) is 97.3 Å². The van der Waals surface area contributed by atoms with Crippen molar-refractivity contribution in [1.29, 1.82) is 0 Å². The first kappa shape index (κ1) is 36.1. The molecule has 3 rings (SSSR count). The summed E-state index contributed by atoms with van der Waals surface area (Å²) in [6, 6.07) is 17.3. The molecule has 1 amide bonds. The minimum atomic E-state index is -2.15. The fourth-order valence-electron chi connectivity index (χ4n) is 4.84. The van der Waals surface area contributed by atoms with Gasteiger partial charge >= 0.3 is 0 Å². The molecule has 0 aliphatic rings. The highest BCUT2D eigenvalue weighted by Crippen LogP contribution is 2.41. The van der Waals surface area contributed by atoms with Gasteiger partial charge in [0.05, 0.1) is 22.8 Å². The largest absolute Gasteiger partial charge is 0.508 e. The van der Waals surface area contributed by atoms with E-state index in [1.54, 1.807) is 12.1 Å². The van der Waals surface area contributed by atoms with Crippen molar-refractivity contribution in [3.63, 3.8) is 0 Å². The minimum absolute atomic E-state index is 0.0117. The van der Waals surface area contributed by atoms with Gasteiger partial charge in [-0.3, -0.25) is 4.79 Å². The molecule has 3 aromatic rings. The maximum atomic E-state index is 12.0. The molecule has 0 bridgehead atoms. The highest BCUT2D eigenvalue weighted by Gasteiger charge is 2.40. The highest BCUT2D eigenvalue weighted by molar-refractivity contribution is 6.74. The van der Waals surface area contributed by atoms with E-state index in [2.05, 4.69) is 70.5 Å². The zero-order chi connectivity index (χ0) is 32.9. The van der Waals surface area contributed by atoms with Gasteiger partial charge < -0.3 is 25.3 Å². The lowest BCUT2D eigenvalue weighted by atomic mass is 9.91.